The monoisotopic (exact) mass is 411 g/mol. The van der Waals surface area contributed by atoms with Crippen LogP contribution in [-0.2, 0) is 15.8 Å². The van der Waals surface area contributed by atoms with E-state index in [0.717, 1.165) is 23.5 Å². The highest BCUT2D eigenvalue weighted by Gasteiger charge is 2.56. The van der Waals surface area contributed by atoms with Crippen molar-refractivity contribution in [1.82, 2.24) is 10.2 Å². The van der Waals surface area contributed by atoms with Crippen molar-refractivity contribution in [3.05, 3.63) is 29.8 Å². The lowest BCUT2D eigenvalue weighted by molar-refractivity contribution is -0.137. The Kier molecular flexibility index (Phi) is 5.13. The average Bonchev–Trinajstić information content (AvgIpc) is 2.76. The third kappa shape index (κ3) is 4.38. The Balaban J connectivity index is 1.71. The first-order chi connectivity index (χ1) is 13.3. The number of carbonyl (C=O) groups excluding carboxylic acids is 3. The molecule has 2 aliphatic rings. The summed E-state index contributed by atoms with van der Waals surface area (Å²) >= 11 is 0. The molecule has 6 nitrogen and oxygen atoms in total. The van der Waals surface area contributed by atoms with Gasteiger partial charge in [-0.25, -0.2) is 4.79 Å². The minimum absolute atomic E-state index is 0.0565. The largest absolute Gasteiger partial charge is 0.416 e. The van der Waals surface area contributed by atoms with E-state index >= 15 is 0 Å². The molecule has 1 saturated carbocycles. The van der Waals surface area contributed by atoms with Crippen LogP contribution in [0.1, 0.15) is 45.6 Å². The number of carbonyl (C=O) groups is 3. The number of amides is 4. The van der Waals surface area contributed by atoms with Gasteiger partial charge in [0.25, 0.3) is 5.91 Å². The van der Waals surface area contributed by atoms with Crippen molar-refractivity contribution in [3.8, 4) is 0 Å². The summed E-state index contributed by atoms with van der Waals surface area (Å²) < 4.78 is 38.4. The van der Waals surface area contributed by atoms with Crippen molar-refractivity contribution >= 4 is 23.5 Å². The van der Waals surface area contributed by atoms with Crippen LogP contribution >= 0.6 is 0 Å². The fourth-order valence-electron chi connectivity index (χ4n) is 4.77. The van der Waals surface area contributed by atoms with Crippen LogP contribution in [0.4, 0.5) is 23.7 Å². The Hall–Kier alpha value is -2.58. The molecule has 1 aromatic carbocycles. The third-order valence-electron chi connectivity index (χ3n) is 5.40. The summed E-state index contributed by atoms with van der Waals surface area (Å²) in [5.74, 6) is -0.976. The van der Waals surface area contributed by atoms with E-state index in [-0.39, 0.29) is 17.0 Å². The SMILES string of the molecule is C[C@@H]1CC(C)(C)C[C@@]2(C1)NC(=O)N(CC(=O)Nc1cccc(C(F)(F)F)c1)C2=O. The third-order valence-corrected chi connectivity index (χ3v) is 5.40. The molecule has 2 fully saturated rings. The van der Waals surface area contributed by atoms with Crippen molar-refractivity contribution in [2.45, 2.75) is 51.7 Å². The van der Waals surface area contributed by atoms with Crippen LogP contribution in [0.5, 0.6) is 0 Å². The van der Waals surface area contributed by atoms with E-state index in [1.54, 1.807) is 0 Å². The maximum absolute atomic E-state index is 13.0. The molecule has 0 bridgehead atoms. The van der Waals surface area contributed by atoms with Gasteiger partial charge in [0, 0.05) is 5.69 Å². The summed E-state index contributed by atoms with van der Waals surface area (Å²) in [5.41, 5.74) is -2.13. The number of imide groups is 1. The molecule has 2 N–H and O–H groups in total. The van der Waals surface area contributed by atoms with E-state index in [1.807, 2.05) is 20.8 Å². The number of nitrogens with zero attached hydrogens (tertiary/aromatic N) is 1. The number of hydrogen-bond donors (Lipinski definition) is 2. The molecular weight excluding hydrogens is 387 g/mol. The van der Waals surface area contributed by atoms with Gasteiger partial charge in [-0.3, -0.25) is 14.5 Å². The summed E-state index contributed by atoms with van der Waals surface area (Å²) in [6.45, 7) is 5.53. The van der Waals surface area contributed by atoms with Crippen LogP contribution in [-0.4, -0.2) is 34.8 Å². The Morgan fingerprint density at radius 3 is 2.59 bits per heavy atom. The Bertz CT molecular complexity index is 853. The summed E-state index contributed by atoms with van der Waals surface area (Å²) in [5, 5.41) is 5.09. The molecule has 4 amide bonds. The first-order valence-electron chi connectivity index (χ1n) is 9.43. The lowest BCUT2D eigenvalue weighted by Gasteiger charge is -2.43. The van der Waals surface area contributed by atoms with Crippen LogP contribution in [0.2, 0.25) is 0 Å². The molecular formula is C20H24F3N3O3. The van der Waals surface area contributed by atoms with Crippen molar-refractivity contribution < 1.29 is 27.6 Å². The molecule has 1 aromatic rings. The van der Waals surface area contributed by atoms with Gasteiger partial charge in [0.15, 0.2) is 0 Å². The van der Waals surface area contributed by atoms with Gasteiger partial charge >= 0.3 is 12.2 Å². The second-order valence-corrected chi connectivity index (χ2v) is 8.88. The minimum Gasteiger partial charge on any atom is -0.325 e. The number of anilines is 1. The molecule has 3 rings (SSSR count). The van der Waals surface area contributed by atoms with Gasteiger partial charge in [0.2, 0.25) is 5.91 Å². The molecule has 158 valence electrons. The number of rotatable bonds is 3. The number of hydrogen-bond acceptors (Lipinski definition) is 3. The molecule has 1 aliphatic heterocycles. The van der Waals surface area contributed by atoms with Crippen molar-refractivity contribution in [1.29, 1.82) is 0 Å². The van der Waals surface area contributed by atoms with E-state index in [9.17, 15) is 27.6 Å². The summed E-state index contributed by atoms with van der Waals surface area (Å²) in [4.78, 5) is 38.6. The average molecular weight is 411 g/mol. The number of nitrogens with one attached hydrogen (secondary N) is 2. The van der Waals surface area contributed by atoms with E-state index in [4.69, 9.17) is 0 Å². The number of urea groups is 1. The second-order valence-electron chi connectivity index (χ2n) is 8.88. The highest BCUT2D eigenvalue weighted by Crippen LogP contribution is 2.46. The maximum Gasteiger partial charge on any atom is 0.416 e. The lowest BCUT2D eigenvalue weighted by atomic mass is 9.64. The normalized spacial score (nSPS) is 26.6. The molecule has 1 spiro atoms. The molecule has 1 heterocycles. The number of alkyl halides is 3. The Morgan fingerprint density at radius 1 is 1.28 bits per heavy atom. The van der Waals surface area contributed by atoms with Gasteiger partial charge in [-0.2, -0.15) is 13.2 Å². The Labute approximate surface area is 166 Å². The highest BCUT2D eigenvalue weighted by atomic mass is 19.4. The van der Waals surface area contributed by atoms with Crippen molar-refractivity contribution in [2.24, 2.45) is 11.3 Å². The van der Waals surface area contributed by atoms with Gasteiger partial charge in [-0.1, -0.05) is 26.8 Å². The molecule has 0 unspecified atom stereocenters. The van der Waals surface area contributed by atoms with Gasteiger partial charge in [0.05, 0.1) is 5.56 Å². The van der Waals surface area contributed by atoms with Crippen LogP contribution in [0.15, 0.2) is 24.3 Å². The number of halogens is 3. The van der Waals surface area contributed by atoms with E-state index < -0.39 is 41.7 Å². The van der Waals surface area contributed by atoms with E-state index in [1.165, 1.54) is 12.1 Å². The van der Waals surface area contributed by atoms with Crippen molar-refractivity contribution in [2.75, 3.05) is 11.9 Å². The van der Waals surface area contributed by atoms with Gasteiger partial charge in [0.1, 0.15) is 12.1 Å². The first kappa shape index (κ1) is 21.1. The quantitative estimate of drug-likeness (QED) is 0.743. The summed E-state index contributed by atoms with van der Waals surface area (Å²) in [6.07, 6.45) is -2.65. The zero-order chi connectivity index (χ0) is 21.6. The Morgan fingerprint density at radius 2 is 1.97 bits per heavy atom. The van der Waals surface area contributed by atoms with Crippen LogP contribution in [0, 0.1) is 11.3 Å². The smallest absolute Gasteiger partial charge is 0.325 e. The zero-order valence-corrected chi connectivity index (χ0v) is 16.5. The van der Waals surface area contributed by atoms with Crippen LogP contribution in [0.25, 0.3) is 0 Å². The summed E-state index contributed by atoms with van der Waals surface area (Å²) in [7, 11) is 0. The van der Waals surface area contributed by atoms with E-state index in [2.05, 4.69) is 10.6 Å². The predicted octanol–water partition coefficient (Wildman–Crippen LogP) is 3.78. The topological polar surface area (TPSA) is 78.5 Å². The zero-order valence-electron chi connectivity index (χ0n) is 16.5. The highest BCUT2D eigenvalue weighted by molar-refractivity contribution is 6.10. The molecule has 29 heavy (non-hydrogen) atoms. The van der Waals surface area contributed by atoms with Crippen molar-refractivity contribution in [3.63, 3.8) is 0 Å². The molecule has 2 atom stereocenters. The van der Waals surface area contributed by atoms with Gasteiger partial charge in [-0.15, -0.1) is 0 Å². The minimum atomic E-state index is -4.54. The van der Waals surface area contributed by atoms with Gasteiger partial charge in [-0.05, 0) is 48.8 Å². The van der Waals surface area contributed by atoms with E-state index in [0.29, 0.717) is 12.8 Å². The van der Waals surface area contributed by atoms with Gasteiger partial charge < -0.3 is 10.6 Å². The standard InChI is InChI=1S/C20H24F3N3O3/c1-12-8-18(2,3)11-19(9-12)16(28)26(17(29)25-19)10-15(27)24-14-6-4-5-13(7-14)20(21,22)23/h4-7,12H,8-11H2,1-3H3,(H,24,27)(H,25,29)/t12-,19-/m1/s1. The summed E-state index contributed by atoms with van der Waals surface area (Å²) in [6, 6.07) is 3.52. The van der Waals surface area contributed by atoms with Crippen LogP contribution < -0.4 is 10.6 Å². The number of benzene rings is 1. The maximum atomic E-state index is 13.0. The molecule has 1 saturated heterocycles. The molecule has 9 heteroatoms. The van der Waals surface area contributed by atoms with Crippen LogP contribution in [0.3, 0.4) is 0 Å². The predicted molar refractivity (Wildman–Crippen MR) is 99.8 cm³/mol. The molecule has 0 radical (unpaired) electrons. The fraction of sp³-hybridized carbons (Fsp3) is 0.550. The molecule has 0 aromatic heterocycles. The molecule has 1 aliphatic carbocycles. The fourth-order valence-corrected chi connectivity index (χ4v) is 4.77. The lowest BCUT2D eigenvalue weighted by Crippen LogP contribution is -2.54. The second kappa shape index (κ2) is 7.03. The first-order valence-corrected chi connectivity index (χ1v) is 9.43.